The predicted molar refractivity (Wildman–Crippen MR) is 218 cm³/mol. The molecule has 0 aliphatic carbocycles. The molecule has 9 aromatic rings. The Balaban J connectivity index is 1.13. The minimum Gasteiger partial charge on any atom is -0.310 e. The van der Waals surface area contributed by atoms with E-state index in [0.29, 0.717) is 0 Å². The summed E-state index contributed by atoms with van der Waals surface area (Å²) in [6.07, 6.45) is 0. The molecule has 0 spiro atoms. The molecule has 1 nitrogen and oxygen atoms in total. The zero-order chi connectivity index (χ0) is 34.0. The molecule has 0 bridgehead atoms. The van der Waals surface area contributed by atoms with Gasteiger partial charge in [-0.3, -0.25) is 0 Å². The fourth-order valence-electron chi connectivity index (χ4n) is 7.30. The van der Waals surface area contributed by atoms with Gasteiger partial charge in [0, 0.05) is 17.1 Å². The summed E-state index contributed by atoms with van der Waals surface area (Å²) in [5.74, 6) is 0. The summed E-state index contributed by atoms with van der Waals surface area (Å²) < 4.78 is 0. The number of hydrogen-bond donors (Lipinski definition) is 0. The first-order valence-electron chi connectivity index (χ1n) is 17.5. The fraction of sp³-hybridized carbons (Fsp3) is 0. The van der Waals surface area contributed by atoms with Crippen LogP contribution in [0.15, 0.2) is 212 Å². The van der Waals surface area contributed by atoms with E-state index in [1.54, 1.807) is 0 Å². The van der Waals surface area contributed by atoms with E-state index in [1.807, 2.05) is 0 Å². The Kier molecular flexibility index (Phi) is 7.92. The molecule has 0 fully saturated rings. The number of anilines is 3. The normalized spacial score (nSPS) is 11.1. The average Bonchev–Trinajstić information content (AvgIpc) is 3.21. The largest absolute Gasteiger partial charge is 0.310 e. The molecule has 0 radical (unpaired) electrons. The minimum atomic E-state index is 1.10. The summed E-state index contributed by atoms with van der Waals surface area (Å²) in [6, 6.07) is 76.6. The number of benzene rings is 9. The Morgan fingerprint density at radius 1 is 0.235 bits per heavy atom. The predicted octanol–water partition coefficient (Wildman–Crippen LogP) is 14.1. The van der Waals surface area contributed by atoms with E-state index in [0.717, 1.165) is 17.1 Å². The van der Waals surface area contributed by atoms with Crippen molar-refractivity contribution >= 4 is 38.6 Å². The van der Waals surface area contributed by atoms with Crippen LogP contribution in [-0.4, -0.2) is 0 Å². The first-order valence-corrected chi connectivity index (χ1v) is 17.5. The van der Waals surface area contributed by atoms with Crippen LogP contribution < -0.4 is 4.90 Å². The van der Waals surface area contributed by atoms with Crippen molar-refractivity contribution in [2.24, 2.45) is 0 Å². The quantitative estimate of drug-likeness (QED) is 0.166. The van der Waals surface area contributed by atoms with Crippen molar-refractivity contribution in [2.45, 2.75) is 0 Å². The third kappa shape index (κ3) is 5.96. The van der Waals surface area contributed by atoms with Gasteiger partial charge in [0.15, 0.2) is 0 Å². The summed E-state index contributed by atoms with van der Waals surface area (Å²) in [5, 5.41) is 5.00. The number of rotatable bonds is 7. The lowest BCUT2D eigenvalue weighted by Crippen LogP contribution is -2.10. The standard InChI is InChI=1S/C50H35N/c1-2-12-36(13-3-1)38-26-30-44(31-27-38)51(46-19-10-18-42(35-46)50-23-11-17-39-15-6-7-20-47(39)50)45-32-28-40(29-33-45)48-21-8-9-22-49(48)43-25-24-37-14-4-5-16-41(37)34-43/h1-35H. The maximum absolute atomic E-state index is 2.36. The van der Waals surface area contributed by atoms with Gasteiger partial charge in [-0.2, -0.15) is 0 Å². The molecule has 0 N–H and O–H groups in total. The first kappa shape index (κ1) is 30.4. The van der Waals surface area contributed by atoms with Crippen molar-refractivity contribution in [3.8, 4) is 44.5 Å². The van der Waals surface area contributed by atoms with Crippen molar-refractivity contribution in [1.29, 1.82) is 0 Å². The number of hydrogen-bond acceptors (Lipinski definition) is 1. The Labute approximate surface area is 299 Å². The van der Waals surface area contributed by atoms with Gasteiger partial charge in [0.1, 0.15) is 0 Å². The second kappa shape index (κ2) is 13.3. The van der Waals surface area contributed by atoms with Gasteiger partial charge < -0.3 is 4.90 Å². The van der Waals surface area contributed by atoms with Gasteiger partial charge in [-0.05, 0) is 109 Å². The molecular weight excluding hydrogens is 615 g/mol. The molecule has 0 aromatic heterocycles. The van der Waals surface area contributed by atoms with E-state index in [-0.39, 0.29) is 0 Å². The van der Waals surface area contributed by atoms with Crippen molar-refractivity contribution in [2.75, 3.05) is 4.90 Å². The molecule has 9 rings (SSSR count). The first-order chi connectivity index (χ1) is 25.3. The molecule has 0 saturated heterocycles. The van der Waals surface area contributed by atoms with E-state index in [9.17, 15) is 0 Å². The molecule has 0 heterocycles. The average molecular weight is 650 g/mol. The maximum Gasteiger partial charge on any atom is 0.0467 e. The van der Waals surface area contributed by atoms with Crippen molar-refractivity contribution in [1.82, 2.24) is 0 Å². The van der Waals surface area contributed by atoms with Crippen molar-refractivity contribution < 1.29 is 0 Å². The third-order valence-corrected chi connectivity index (χ3v) is 9.86. The van der Waals surface area contributed by atoms with E-state index in [1.165, 1.54) is 66.1 Å². The van der Waals surface area contributed by atoms with Gasteiger partial charge in [0.05, 0.1) is 0 Å². The summed E-state index contributed by atoms with van der Waals surface area (Å²) in [7, 11) is 0. The molecule has 0 aliphatic rings. The zero-order valence-corrected chi connectivity index (χ0v) is 28.2. The zero-order valence-electron chi connectivity index (χ0n) is 28.2. The van der Waals surface area contributed by atoms with Crippen molar-refractivity contribution in [3.05, 3.63) is 212 Å². The second-order valence-electron chi connectivity index (χ2n) is 13.0. The van der Waals surface area contributed by atoms with Gasteiger partial charge in [-0.15, -0.1) is 0 Å². The molecular formula is C50H35N. The second-order valence-corrected chi connectivity index (χ2v) is 13.0. The SMILES string of the molecule is c1ccc(-c2ccc(N(c3ccc(-c4ccccc4-c4ccc5ccccc5c4)cc3)c3cccc(-c4cccc5ccccc45)c3)cc2)cc1. The Morgan fingerprint density at radius 3 is 1.49 bits per heavy atom. The summed E-state index contributed by atoms with van der Waals surface area (Å²) in [5.41, 5.74) is 13.0. The van der Waals surface area contributed by atoms with Gasteiger partial charge in [0.2, 0.25) is 0 Å². The Hall–Kier alpha value is -6.70. The maximum atomic E-state index is 2.36. The lowest BCUT2D eigenvalue weighted by Gasteiger charge is -2.26. The van der Waals surface area contributed by atoms with E-state index in [4.69, 9.17) is 0 Å². The monoisotopic (exact) mass is 649 g/mol. The molecule has 51 heavy (non-hydrogen) atoms. The molecule has 0 atom stereocenters. The number of nitrogens with zero attached hydrogens (tertiary/aromatic N) is 1. The highest BCUT2D eigenvalue weighted by atomic mass is 15.1. The number of fused-ring (bicyclic) bond motifs is 2. The highest BCUT2D eigenvalue weighted by Crippen LogP contribution is 2.40. The van der Waals surface area contributed by atoms with Crippen LogP contribution in [0.2, 0.25) is 0 Å². The molecule has 1 heteroatoms. The van der Waals surface area contributed by atoms with Crippen LogP contribution in [0.1, 0.15) is 0 Å². The van der Waals surface area contributed by atoms with Crippen LogP contribution in [0.25, 0.3) is 66.1 Å². The van der Waals surface area contributed by atoms with Crippen LogP contribution in [0, 0.1) is 0 Å². The Bertz CT molecular complexity index is 2610. The van der Waals surface area contributed by atoms with Gasteiger partial charge in [-0.1, -0.05) is 170 Å². The molecule has 0 aliphatic heterocycles. The van der Waals surface area contributed by atoms with E-state index in [2.05, 4.69) is 217 Å². The van der Waals surface area contributed by atoms with Crippen LogP contribution in [0.3, 0.4) is 0 Å². The van der Waals surface area contributed by atoms with Crippen molar-refractivity contribution in [3.63, 3.8) is 0 Å². The van der Waals surface area contributed by atoms with Gasteiger partial charge in [0.25, 0.3) is 0 Å². The van der Waals surface area contributed by atoms with Gasteiger partial charge in [-0.25, -0.2) is 0 Å². The molecule has 0 amide bonds. The van der Waals surface area contributed by atoms with Crippen LogP contribution in [0.4, 0.5) is 17.1 Å². The lowest BCUT2D eigenvalue weighted by molar-refractivity contribution is 1.28. The minimum absolute atomic E-state index is 1.10. The highest BCUT2D eigenvalue weighted by Gasteiger charge is 2.16. The van der Waals surface area contributed by atoms with Crippen LogP contribution in [-0.2, 0) is 0 Å². The molecule has 9 aromatic carbocycles. The fourth-order valence-corrected chi connectivity index (χ4v) is 7.30. The molecule has 0 saturated carbocycles. The topological polar surface area (TPSA) is 3.24 Å². The van der Waals surface area contributed by atoms with Gasteiger partial charge >= 0.3 is 0 Å². The smallest absolute Gasteiger partial charge is 0.0467 e. The van der Waals surface area contributed by atoms with Crippen LogP contribution >= 0.6 is 0 Å². The third-order valence-electron chi connectivity index (χ3n) is 9.86. The Morgan fingerprint density at radius 2 is 0.725 bits per heavy atom. The molecule has 0 unspecified atom stereocenters. The molecule has 240 valence electrons. The van der Waals surface area contributed by atoms with E-state index < -0.39 is 0 Å². The lowest BCUT2D eigenvalue weighted by atomic mass is 9.93. The highest BCUT2D eigenvalue weighted by molar-refractivity contribution is 5.98. The summed E-state index contributed by atoms with van der Waals surface area (Å²) in [4.78, 5) is 2.36. The summed E-state index contributed by atoms with van der Waals surface area (Å²) in [6.45, 7) is 0. The van der Waals surface area contributed by atoms with Crippen LogP contribution in [0.5, 0.6) is 0 Å². The summed E-state index contributed by atoms with van der Waals surface area (Å²) >= 11 is 0. The van der Waals surface area contributed by atoms with E-state index >= 15 is 0 Å².